The molecular formula is C17H19ClN4O. The van der Waals surface area contributed by atoms with Crippen LogP contribution in [0.5, 0.6) is 5.75 Å². The molecule has 0 aliphatic carbocycles. The Hall–Kier alpha value is -2.53. The van der Waals surface area contributed by atoms with Gasteiger partial charge in [-0.05, 0) is 42.3 Å². The van der Waals surface area contributed by atoms with Crippen molar-refractivity contribution in [3.63, 3.8) is 0 Å². The highest BCUT2D eigenvalue weighted by Crippen LogP contribution is 2.27. The number of methoxy groups -OCH3 is 1. The fraction of sp³-hybridized carbons (Fsp3) is 0.176. The average Bonchev–Trinajstić information content (AvgIpc) is 2.55. The van der Waals surface area contributed by atoms with E-state index in [9.17, 15) is 0 Å². The van der Waals surface area contributed by atoms with Crippen molar-refractivity contribution in [1.29, 1.82) is 0 Å². The number of anilines is 3. The second-order valence-corrected chi connectivity index (χ2v) is 5.00. The molecule has 120 valence electrons. The van der Waals surface area contributed by atoms with Crippen molar-refractivity contribution in [2.24, 2.45) is 0 Å². The molecule has 2 aromatic rings. The monoisotopic (exact) mass is 330 g/mol. The zero-order valence-corrected chi connectivity index (χ0v) is 13.9. The largest absolute Gasteiger partial charge is 0.491 e. The number of rotatable bonds is 7. The number of nitrogens with one attached hydrogen (secondary N) is 2. The van der Waals surface area contributed by atoms with E-state index in [-0.39, 0.29) is 5.28 Å². The topological polar surface area (TPSA) is 59.1 Å². The highest BCUT2D eigenvalue weighted by molar-refractivity contribution is 6.28. The number of hydrogen-bond acceptors (Lipinski definition) is 5. The normalized spacial score (nSPS) is 11.0. The molecule has 2 N–H and O–H groups in total. The molecule has 0 bridgehead atoms. The highest BCUT2D eigenvalue weighted by atomic mass is 35.5. The summed E-state index contributed by atoms with van der Waals surface area (Å²) in [6.45, 7) is 5.88. The minimum absolute atomic E-state index is 0.155. The van der Waals surface area contributed by atoms with Gasteiger partial charge in [0.2, 0.25) is 5.28 Å². The van der Waals surface area contributed by atoms with Crippen LogP contribution in [0.15, 0.2) is 54.9 Å². The number of halogens is 1. The van der Waals surface area contributed by atoms with E-state index < -0.39 is 0 Å². The molecule has 0 saturated heterocycles. The van der Waals surface area contributed by atoms with Gasteiger partial charge in [0.1, 0.15) is 0 Å². The van der Waals surface area contributed by atoms with Crippen LogP contribution in [0.25, 0.3) is 0 Å². The van der Waals surface area contributed by atoms with E-state index in [1.165, 1.54) is 6.20 Å². The lowest BCUT2D eigenvalue weighted by Crippen LogP contribution is -2.00. The van der Waals surface area contributed by atoms with Crippen LogP contribution >= 0.6 is 11.6 Å². The van der Waals surface area contributed by atoms with Gasteiger partial charge >= 0.3 is 0 Å². The van der Waals surface area contributed by atoms with Crippen molar-refractivity contribution >= 4 is 28.8 Å². The molecule has 1 aromatic heterocycles. The summed E-state index contributed by atoms with van der Waals surface area (Å²) in [6.07, 6.45) is 6.32. The average molecular weight is 331 g/mol. The van der Waals surface area contributed by atoms with Gasteiger partial charge in [0.15, 0.2) is 11.6 Å². The second-order valence-electron chi connectivity index (χ2n) is 4.66. The van der Waals surface area contributed by atoms with Crippen LogP contribution in [0.1, 0.15) is 13.3 Å². The van der Waals surface area contributed by atoms with Gasteiger partial charge in [-0.15, -0.1) is 0 Å². The SMILES string of the molecule is C=C/C(=C/CC)Nc1cccc(Nc2nc(Cl)ncc2OC)c1. The first-order valence-electron chi connectivity index (χ1n) is 7.19. The summed E-state index contributed by atoms with van der Waals surface area (Å²) in [5.74, 6) is 1.03. The Morgan fingerprint density at radius 1 is 1.39 bits per heavy atom. The third-order valence-electron chi connectivity index (χ3n) is 3.00. The predicted octanol–water partition coefficient (Wildman–Crippen LogP) is 4.77. The van der Waals surface area contributed by atoms with Crippen LogP contribution < -0.4 is 15.4 Å². The van der Waals surface area contributed by atoms with E-state index in [0.717, 1.165) is 23.5 Å². The summed E-state index contributed by atoms with van der Waals surface area (Å²) in [7, 11) is 1.56. The summed E-state index contributed by atoms with van der Waals surface area (Å²) in [5.41, 5.74) is 2.75. The number of benzene rings is 1. The lowest BCUT2D eigenvalue weighted by molar-refractivity contribution is 0.413. The molecule has 0 fully saturated rings. The van der Waals surface area contributed by atoms with Gasteiger partial charge in [-0.25, -0.2) is 4.98 Å². The maximum Gasteiger partial charge on any atom is 0.224 e. The minimum Gasteiger partial charge on any atom is -0.491 e. The fourth-order valence-electron chi connectivity index (χ4n) is 1.97. The van der Waals surface area contributed by atoms with Gasteiger partial charge in [-0.2, -0.15) is 4.98 Å². The third-order valence-corrected chi connectivity index (χ3v) is 3.19. The lowest BCUT2D eigenvalue weighted by atomic mass is 10.2. The zero-order valence-electron chi connectivity index (χ0n) is 13.1. The first-order valence-corrected chi connectivity index (χ1v) is 7.57. The molecular weight excluding hydrogens is 312 g/mol. The molecule has 23 heavy (non-hydrogen) atoms. The molecule has 0 amide bonds. The van der Waals surface area contributed by atoms with Gasteiger partial charge in [-0.3, -0.25) is 0 Å². The summed E-state index contributed by atoms with van der Waals surface area (Å²) >= 11 is 5.85. The molecule has 2 rings (SSSR count). The van der Waals surface area contributed by atoms with Crippen LogP contribution in [-0.4, -0.2) is 17.1 Å². The summed E-state index contributed by atoms with van der Waals surface area (Å²) < 4.78 is 5.23. The maximum atomic E-state index is 5.85. The third kappa shape index (κ3) is 4.72. The molecule has 5 nitrogen and oxygen atoms in total. The molecule has 1 aromatic carbocycles. The molecule has 0 saturated carbocycles. The Balaban J connectivity index is 2.22. The van der Waals surface area contributed by atoms with Crippen LogP contribution in [0.4, 0.5) is 17.2 Å². The number of aromatic nitrogens is 2. The second kappa shape index (κ2) is 8.19. The van der Waals surface area contributed by atoms with Crippen molar-refractivity contribution in [3.8, 4) is 5.75 Å². The quantitative estimate of drug-likeness (QED) is 0.565. The maximum absolute atomic E-state index is 5.85. The summed E-state index contributed by atoms with van der Waals surface area (Å²) in [5, 5.41) is 6.65. The number of ether oxygens (including phenoxy) is 1. The Kier molecular flexibility index (Phi) is 6.00. The van der Waals surface area contributed by atoms with Gasteiger partial charge in [0.05, 0.1) is 13.3 Å². The van der Waals surface area contributed by atoms with Crippen molar-refractivity contribution in [1.82, 2.24) is 9.97 Å². The molecule has 0 unspecified atom stereocenters. The first kappa shape index (κ1) is 16.8. The Morgan fingerprint density at radius 3 is 2.87 bits per heavy atom. The lowest BCUT2D eigenvalue weighted by Gasteiger charge is -2.12. The number of allylic oxidation sites excluding steroid dienone is 2. The van der Waals surface area contributed by atoms with E-state index in [2.05, 4.69) is 40.2 Å². The van der Waals surface area contributed by atoms with Crippen molar-refractivity contribution in [3.05, 3.63) is 60.2 Å². The molecule has 1 heterocycles. The van der Waals surface area contributed by atoms with Gasteiger partial charge < -0.3 is 15.4 Å². The van der Waals surface area contributed by atoms with E-state index >= 15 is 0 Å². The predicted molar refractivity (Wildman–Crippen MR) is 95.5 cm³/mol. The first-order chi connectivity index (χ1) is 11.2. The smallest absolute Gasteiger partial charge is 0.224 e. The fourth-order valence-corrected chi connectivity index (χ4v) is 2.10. The molecule has 0 aliphatic heterocycles. The van der Waals surface area contributed by atoms with Crippen LogP contribution in [0.3, 0.4) is 0 Å². The van der Waals surface area contributed by atoms with Crippen molar-refractivity contribution in [2.75, 3.05) is 17.7 Å². The molecule has 0 radical (unpaired) electrons. The van der Waals surface area contributed by atoms with Gasteiger partial charge in [0.25, 0.3) is 0 Å². The van der Waals surface area contributed by atoms with Crippen molar-refractivity contribution < 1.29 is 4.74 Å². The zero-order chi connectivity index (χ0) is 16.7. The Bertz CT molecular complexity index is 715. The molecule has 0 aliphatic rings. The minimum atomic E-state index is 0.155. The molecule has 0 atom stereocenters. The van der Waals surface area contributed by atoms with Crippen molar-refractivity contribution in [2.45, 2.75) is 13.3 Å². The summed E-state index contributed by atoms with van der Waals surface area (Å²) in [4.78, 5) is 8.04. The Morgan fingerprint density at radius 2 is 2.17 bits per heavy atom. The van der Waals surface area contributed by atoms with E-state index in [1.54, 1.807) is 13.2 Å². The van der Waals surface area contributed by atoms with Crippen LogP contribution in [-0.2, 0) is 0 Å². The number of hydrogen-bond donors (Lipinski definition) is 2. The van der Waals surface area contributed by atoms with E-state index in [4.69, 9.17) is 16.3 Å². The van der Waals surface area contributed by atoms with E-state index in [0.29, 0.717) is 11.6 Å². The molecule has 6 heteroatoms. The standard InChI is InChI=1S/C17H19ClN4O/c1-4-7-12(5-2)20-13-8-6-9-14(10-13)21-16-15(23-3)11-19-17(18)22-16/h5-11,20H,2,4H2,1,3H3,(H,19,21,22)/b12-7-. The van der Waals surface area contributed by atoms with Crippen LogP contribution in [0, 0.1) is 0 Å². The Labute approximate surface area is 141 Å². The van der Waals surface area contributed by atoms with Gasteiger partial charge in [-0.1, -0.05) is 25.6 Å². The number of nitrogens with zero attached hydrogens (tertiary/aromatic N) is 2. The van der Waals surface area contributed by atoms with Gasteiger partial charge in [0, 0.05) is 17.1 Å². The molecule has 0 spiro atoms. The highest BCUT2D eigenvalue weighted by Gasteiger charge is 2.07. The van der Waals surface area contributed by atoms with E-state index in [1.807, 2.05) is 24.3 Å². The van der Waals surface area contributed by atoms with Crippen LogP contribution in [0.2, 0.25) is 5.28 Å². The summed E-state index contributed by atoms with van der Waals surface area (Å²) in [6, 6.07) is 7.80.